The number of nitrogens with zero attached hydrogens (tertiary/aromatic N) is 1. The van der Waals surface area contributed by atoms with E-state index in [9.17, 15) is 4.39 Å². The third kappa shape index (κ3) is 5.05. The van der Waals surface area contributed by atoms with Crippen LogP contribution < -0.4 is 5.73 Å². The predicted octanol–water partition coefficient (Wildman–Crippen LogP) is 3.52. The highest BCUT2D eigenvalue weighted by Crippen LogP contribution is 2.17. The van der Waals surface area contributed by atoms with Crippen molar-refractivity contribution in [1.82, 2.24) is 4.90 Å². The number of hydrogen-bond acceptors (Lipinski definition) is 2. The summed E-state index contributed by atoms with van der Waals surface area (Å²) in [6.07, 6.45) is 0. The zero-order valence-corrected chi connectivity index (χ0v) is 11.9. The normalized spacial score (nSPS) is 11.8. The minimum atomic E-state index is -0.215. The van der Waals surface area contributed by atoms with Crippen molar-refractivity contribution in [3.8, 4) is 0 Å². The first kappa shape index (κ1) is 15.0. The highest BCUT2D eigenvalue weighted by atomic mass is 19.1. The van der Waals surface area contributed by atoms with Gasteiger partial charge in [0, 0.05) is 25.3 Å². The van der Waals surface area contributed by atoms with Crippen molar-refractivity contribution < 1.29 is 4.39 Å². The van der Waals surface area contributed by atoms with Crippen LogP contribution in [0.5, 0.6) is 0 Å². The fourth-order valence-corrected chi connectivity index (χ4v) is 2.19. The van der Waals surface area contributed by atoms with Crippen LogP contribution in [-0.2, 0) is 6.54 Å². The number of hydrogen-bond donors (Lipinski definition) is 1. The van der Waals surface area contributed by atoms with E-state index in [0.717, 1.165) is 25.2 Å². The number of nitrogen functional groups attached to an aromatic ring is 1. The van der Waals surface area contributed by atoms with Crippen LogP contribution in [-0.4, -0.2) is 18.0 Å². The van der Waals surface area contributed by atoms with Crippen molar-refractivity contribution in [2.45, 2.75) is 34.2 Å². The second-order valence-corrected chi connectivity index (χ2v) is 5.82. The number of benzene rings is 1. The first-order chi connectivity index (χ1) is 8.38. The zero-order valence-electron chi connectivity index (χ0n) is 11.9. The summed E-state index contributed by atoms with van der Waals surface area (Å²) in [6.45, 7) is 11.5. The van der Waals surface area contributed by atoms with E-state index < -0.39 is 0 Å². The third-order valence-corrected chi connectivity index (χ3v) is 2.75. The molecular weight excluding hydrogens is 227 g/mol. The lowest BCUT2D eigenvalue weighted by Crippen LogP contribution is -2.31. The van der Waals surface area contributed by atoms with E-state index in [4.69, 9.17) is 5.73 Å². The summed E-state index contributed by atoms with van der Waals surface area (Å²) >= 11 is 0. The van der Waals surface area contributed by atoms with Gasteiger partial charge in [0.25, 0.3) is 0 Å². The predicted molar refractivity (Wildman–Crippen MR) is 75.8 cm³/mol. The van der Waals surface area contributed by atoms with Crippen LogP contribution in [0.2, 0.25) is 0 Å². The molecule has 0 saturated carbocycles. The molecule has 0 amide bonds. The number of nitrogens with two attached hydrogens (primary N) is 1. The maximum atomic E-state index is 13.2. The molecule has 0 spiro atoms. The Kier molecular flexibility index (Phi) is 5.60. The van der Waals surface area contributed by atoms with Gasteiger partial charge >= 0.3 is 0 Å². The van der Waals surface area contributed by atoms with Gasteiger partial charge in [-0.1, -0.05) is 27.7 Å². The van der Waals surface area contributed by atoms with Crippen molar-refractivity contribution in [3.63, 3.8) is 0 Å². The molecule has 1 aromatic carbocycles. The van der Waals surface area contributed by atoms with E-state index in [0.29, 0.717) is 17.5 Å². The van der Waals surface area contributed by atoms with Gasteiger partial charge in [-0.25, -0.2) is 4.39 Å². The van der Waals surface area contributed by atoms with E-state index in [-0.39, 0.29) is 5.82 Å². The molecule has 0 saturated heterocycles. The van der Waals surface area contributed by atoms with Crippen LogP contribution in [0.3, 0.4) is 0 Å². The summed E-state index contributed by atoms with van der Waals surface area (Å²) in [4.78, 5) is 2.35. The molecule has 102 valence electrons. The van der Waals surface area contributed by atoms with Gasteiger partial charge in [-0.2, -0.15) is 0 Å². The van der Waals surface area contributed by atoms with Crippen LogP contribution in [0.4, 0.5) is 10.1 Å². The standard InChI is InChI=1S/C15H25FN2/c1-11(2)8-18(9-12(3)4)10-13-7-14(16)5-6-15(13)17/h5-7,11-12H,8-10,17H2,1-4H3. The Morgan fingerprint density at radius 3 is 2.17 bits per heavy atom. The molecule has 0 aliphatic carbocycles. The van der Waals surface area contributed by atoms with Crippen LogP contribution in [0, 0.1) is 17.7 Å². The average Bonchev–Trinajstić information content (AvgIpc) is 2.21. The summed E-state index contributed by atoms with van der Waals surface area (Å²) in [5, 5.41) is 0. The van der Waals surface area contributed by atoms with Gasteiger partial charge in [-0.15, -0.1) is 0 Å². The molecule has 2 nitrogen and oxygen atoms in total. The Bertz CT molecular complexity index is 365. The van der Waals surface area contributed by atoms with Gasteiger partial charge in [-0.3, -0.25) is 4.90 Å². The lowest BCUT2D eigenvalue weighted by Gasteiger charge is -2.26. The van der Waals surface area contributed by atoms with E-state index in [1.807, 2.05) is 0 Å². The van der Waals surface area contributed by atoms with E-state index in [1.54, 1.807) is 12.1 Å². The largest absolute Gasteiger partial charge is 0.398 e. The molecule has 0 fully saturated rings. The monoisotopic (exact) mass is 252 g/mol. The van der Waals surface area contributed by atoms with E-state index >= 15 is 0 Å². The molecule has 18 heavy (non-hydrogen) atoms. The highest BCUT2D eigenvalue weighted by molar-refractivity contribution is 5.46. The third-order valence-electron chi connectivity index (χ3n) is 2.75. The van der Waals surface area contributed by atoms with Gasteiger partial charge in [-0.05, 0) is 35.6 Å². The molecule has 1 rings (SSSR count). The topological polar surface area (TPSA) is 29.3 Å². The Labute approximate surface area is 110 Å². The van der Waals surface area contributed by atoms with Gasteiger partial charge < -0.3 is 5.73 Å². The molecule has 0 aromatic heterocycles. The number of anilines is 1. The SMILES string of the molecule is CC(C)CN(Cc1cc(F)ccc1N)CC(C)C. The lowest BCUT2D eigenvalue weighted by atomic mass is 10.1. The molecule has 0 bridgehead atoms. The summed E-state index contributed by atoms with van der Waals surface area (Å²) in [5.41, 5.74) is 7.47. The van der Waals surface area contributed by atoms with Crippen LogP contribution in [0.25, 0.3) is 0 Å². The molecule has 0 atom stereocenters. The van der Waals surface area contributed by atoms with Crippen molar-refractivity contribution in [2.75, 3.05) is 18.8 Å². The van der Waals surface area contributed by atoms with E-state index in [1.165, 1.54) is 6.07 Å². The van der Waals surface area contributed by atoms with Crippen molar-refractivity contribution in [2.24, 2.45) is 11.8 Å². The Hall–Kier alpha value is -1.09. The molecule has 3 heteroatoms. The summed E-state index contributed by atoms with van der Waals surface area (Å²) < 4.78 is 13.2. The van der Waals surface area contributed by atoms with Gasteiger partial charge in [0.15, 0.2) is 0 Å². The van der Waals surface area contributed by atoms with Crippen LogP contribution >= 0.6 is 0 Å². The first-order valence-corrected chi connectivity index (χ1v) is 6.64. The molecule has 0 aliphatic rings. The average molecular weight is 252 g/mol. The molecule has 0 heterocycles. The lowest BCUT2D eigenvalue weighted by molar-refractivity contribution is 0.211. The fourth-order valence-electron chi connectivity index (χ4n) is 2.19. The molecular formula is C15H25FN2. The second-order valence-electron chi connectivity index (χ2n) is 5.82. The molecule has 1 aromatic rings. The number of rotatable bonds is 6. The molecule has 0 radical (unpaired) electrons. The minimum absolute atomic E-state index is 0.215. The first-order valence-electron chi connectivity index (χ1n) is 6.64. The summed E-state index contributed by atoms with van der Waals surface area (Å²) in [7, 11) is 0. The van der Waals surface area contributed by atoms with Crippen molar-refractivity contribution >= 4 is 5.69 Å². The zero-order chi connectivity index (χ0) is 13.7. The van der Waals surface area contributed by atoms with Crippen LogP contribution in [0.15, 0.2) is 18.2 Å². The smallest absolute Gasteiger partial charge is 0.123 e. The fraction of sp³-hybridized carbons (Fsp3) is 0.600. The minimum Gasteiger partial charge on any atom is -0.398 e. The molecule has 0 unspecified atom stereocenters. The maximum absolute atomic E-state index is 13.2. The Morgan fingerprint density at radius 1 is 1.11 bits per heavy atom. The molecule has 2 N–H and O–H groups in total. The molecule has 0 aliphatic heterocycles. The maximum Gasteiger partial charge on any atom is 0.123 e. The van der Waals surface area contributed by atoms with Crippen LogP contribution in [0.1, 0.15) is 33.3 Å². The van der Waals surface area contributed by atoms with E-state index in [2.05, 4.69) is 32.6 Å². The Balaban J connectivity index is 2.77. The Morgan fingerprint density at radius 2 is 1.67 bits per heavy atom. The summed E-state index contributed by atoms with van der Waals surface area (Å²) in [5.74, 6) is 0.977. The van der Waals surface area contributed by atoms with Gasteiger partial charge in [0.05, 0.1) is 0 Å². The second kappa shape index (κ2) is 6.74. The van der Waals surface area contributed by atoms with Crippen molar-refractivity contribution in [1.29, 1.82) is 0 Å². The summed E-state index contributed by atoms with van der Waals surface area (Å²) in [6, 6.07) is 4.60. The van der Waals surface area contributed by atoms with Crippen molar-refractivity contribution in [3.05, 3.63) is 29.6 Å². The van der Waals surface area contributed by atoms with Gasteiger partial charge in [0.2, 0.25) is 0 Å². The quantitative estimate of drug-likeness (QED) is 0.785. The number of halogens is 1. The highest BCUT2D eigenvalue weighted by Gasteiger charge is 2.12. The van der Waals surface area contributed by atoms with Gasteiger partial charge in [0.1, 0.15) is 5.82 Å².